The van der Waals surface area contributed by atoms with Crippen LogP contribution in [-0.4, -0.2) is 31.6 Å². The van der Waals surface area contributed by atoms with Gasteiger partial charge in [0.1, 0.15) is 5.75 Å². The SMILES string of the molecule is CCc1cccc(OCCCC(C)CCN(C)CC)c1. The van der Waals surface area contributed by atoms with Crippen molar-refractivity contribution in [2.24, 2.45) is 5.92 Å². The molecule has 20 heavy (non-hydrogen) atoms. The average molecular weight is 277 g/mol. The molecular weight excluding hydrogens is 246 g/mol. The first-order chi connectivity index (χ1) is 9.65. The number of rotatable bonds is 10. The van der Waals surface area contributed by atoms with Crippen molar-refractivity contribution >= 4 is 0 Å². The van der Waals surface area contributed by atoms with Gasteiger partial charge in [-0.3, -0.25) is 0 Å². The van der Waals surface area contributed by atoms with Crippen LogP contribution in [0.2, 0.25) is 0 Å². The fraction of sp³-hybridized carbons (Fsp3) is 0.667. The molecule has 1 aromatic rings. The second-order valence-corrected chi connectivity index (χ2v) is 5.78. The van der Waals surface area contributed by atoms with Crippen LogP contribution in [0, 0.1) is 5.92 Å². The highest BCUT2D eigenvalue weighted by atomic mass is 16.5. The topological polar surface area (TPSA) is 12.5 Å². The predicted molar refractivity (Wildman–Crippen MR) is 87.5 cm³/mol. The van der Waals surface area contributed by atoms with E-state index in [9.17, 15) is 0 Å². The van der Waals surface area contributed by atoms with E-state index in [-0.39, 0.29) is 0 Å². The van der Waals surface area contributed by atoms with Gasteiger partial charge in [-0.15, -0.1) is 0 Å². The van der Waals surface area contributed by atoms with Crippen molar-refractivity contribution in [3.8, 4) is 5.75 Å². The van der Waals surface area contributed by atoms with Crippen molar-refractivity contribution in [2.75, 3.05) is 26.7 Å². The number of hydrogen-bond donors (Lipinski definition) is 0. The summed E-state index contributed by atoms with van der Waals surface area (Å²) < 4.78 is 5.84. The van der Waals surface area contributed by atoms with Crippen LogP contribution in [0.4, 0.5) is 0 Å². The Labute approximate surface area is 125 Å². The third kappa shape index (κ3) is 6.95. The van der Waals surface area contributed by atoms with Crippen LogP contribution in [0.5, 0.6) is 5.75 Å². The number of ether oxygens (including phenoxy) is 1. The number of benzene rings is 1. The molecule has 0 aliphatic heterocycles. The number of nitrogens with zero attached hydrogens (tertiary/aromatic N) is 1. The molecule has 0 spiro atoms. The summed E-state index contributed by atoms with van der Waals surface area (Å²) >= 11 is 0. The highest BCUT2D eigenvalue weighted by Crippen LogP contribution is 2.15. The summed E-state index contributed by atoms with van der Waals surface area (Å²) in [6, 6.07) is 8.44. The second-order valence-electron chi connectivity index (χ2n) is 5.78. The quantitative estimate of drug-likeness (QED) is 0.588. The van der Waals surface area contributed by atoms with Crippen LogP contribution in [-0.2, 0) is 6.42 Å². The Morgan fingerprint density at radius 2 is 2.00 bits per heavy atom. The molecular formula is C18H31NO. The van der Waals surface area contributed by atoms with E-state index in [2.05, 4.69) is 57.0 Å². The van der Waals surface area contributed by atoms with Gasteiger partial charge in [0.05, 0.1) is 6.61 Å². The monoisotopic (exact) mass is 277 g/mol. The van der Waals surface area contributed by atoms with Gasteiger partial charge < -0.3 is 9.64 Å². The van der Waals surface area contributed by atoms with Crippen molar-refractivity contribution in [3.63, 3.8) is 0 Å². The summed E-state index contributed by atoms with van der Waals surface area (Å²) in [7, 11) is 2.19. The van der Waals surface area contributed by atoms with Gasteiger partial charge in [0.2, 0.25) is 0 Å². The lowest BCUT2D eigenvalue weighted by atomic mass is 10.0. The Hall–Kier alpha value is -1.02. The molecule has 2 nitrogen and oxygen atoms in total. The molecule has 0 radical (unpaired) electrons. The fourth-order valence-electron chi connectivity index (χ4n) is 2.22. The van der Waals surface area contributed by atoms with Crippen LogP contribution in [0.25, 0.3) is 0 Å². The van der Waals surface area contributed by atoms with Crippen molar-refractivity contribution in [2.45, 2.75) is 46.5 Å². The summed E-state index contributed by atoms with van der Waals surface area (Å²) in [5.41, 5.74) is 1.35. The van der Waals surface area contributed by atoms with Crippen LogP contribution >= 0.6 is 0 Å². The van der Waals surface area contributed by atoms with Crippen molar-refractivity contribution in [3.05, 3.63) is 29.8 Å². The molecule has 0 heterocycles. The molecule has 0 saturated carbocycles. The summed E-state index contributed by atoms with van der Waals surface area (Å²) in [5, 5.41) is 0. The number of hydrogen-bond acceptors (Lipinski definition) is 2. The molecule has 2 heteroatoms. The molecule has 0 saturated heterocycles. The van der Waals surface area contributed by atoms with Gasteiger partial charge in [-0.05, 0) is 69.4 Å². The molecule has 1 rings (SSSR count). The molecule has 0 fully saturated rings. The minimum Gasteiger partial charge on any atom is -0.494 e. The molecule has 0 aliphatic rings. The van der Waals surface area contributed by atoms with Crippen LogP contribution < -0.4 is 4.74 Å². The maximum Gasteiger partial charge on any atom is 0.119 e. The standard InChI is InChI=1S/C18H31NO/c1-5-17-10-7-11-18(15-17)20-14-8-9-16(3)12-13-19(4)6-2/h7,10-11,15-16H,5-6,8-9,12-14H2,1-4H3. The van der Waals surface area contributed by atoms with Gasteiger partial charge in [0, 0.05) is 0 Å². The van der Waals surface area contributed by atoms with Crippen molar-refractivity contribution < 1.29 is 4.74 Å². The largest absolute Gasteiger partial charge is 0.494 e. The molecule has 0 amide bonds. The van der Waals surface area contributed by atoms with Crippen LogP contribution in [0.15, 0.2) is 24.3 Å². The smallest absolute Gasteiger partial charge is 0.119 e. The second kappa shape index (κ2) is 9.82. The zero-order valence-corrected chi connectivity index (χ0v) is 13.7. The van der Waals surface area contributed by atoms with E-state index in [0.29, 0.717) is 0 Å². The molecule has 0 bridgehead atoms. The van der Waals surface area contributed by atoms with Gasteiger partial charge in [-0.25, -0.2) is 0 Å². The van der Waals surface area contributed by atoms with E-state index >= 15 is 0 Å². The van der Waals surface area contributed by atoms with Gasteiger partial charge >= 0.3 is 0 Å². The summed E-state index contributed by atoms with van der Waals surface area (Å²) in [4.78, 5) is 2.38. The van der Waals surface area contributed by atoms with Gasteiger partial charge in [-0.1, -0.05) is 32.9 Å². The average Bonchev–Trinajstić information content (AvgIpc) is 2.49. The molecule has 1 unspecified atom stereocenters. The van der Waals surface area contributed by atoms with E-state index in [1.807, 2.05) is 0 Å². The molecule has 114 valence electrons. The first-order valence-corrected chi connectivity index (χ1v) is 8.06. The summed E-state index contributed by atoms with van der Waals surface area (Å²) in [6.07, 6.45) is 4.76. The Bertz CT molecular complexity index is 364. The number of aryl methyl sites for hydroxylation is 1. The van der Waals surface area contributed by atoms with Gasteiger partial charge in [0.25, 0.3) is 0 Å². The maximum absolute atomic E-state index is 5.84. The molecule has 1 aromatic carbocycles. The Balaban J connectivity index is 2.14. The first-order valence-electron chi connectivity index (χ1n) is 8.06. The van der Waals surface area contributed by atoms with E-state index in [0.717, 1.165) is 37.7 Å². The molecule has 1 atom stereocenters. The Morgan fingerprint density at radius 1 is 1.20 bits per heavy atom. The third-order valence-electron chi connectivity index (χ3n) is 3.96. The molecule has 0 N–H and O–H groups in total. The minimum absolute atomic E-state index is 0.787. The Morgan fingerprint density at radius 3 is 2.70 bits per heavy atom. The van der Waals surface area contributed by atoms with E-state index in [1.54, 1.807) is 0 Å². The van der Waals surface area contributed by atoms with Crippen LogP contribution in [0.1, 0.15) is 45.6 Å². The molecule has 0 aliphatic carbocycles. The lowest BCUT2D eigenvalue weighted by Crippen LogP contribution is -2.20. The summed E-state index contributed by atoms with van der Waals surface area (Å²) in [6.45, 7) is 9.92. The van der Waals surface area contributed by atoms with Crippen LogP contribution in [0.3, 0.4) is 0 Å². The van der Waals surface area contributed by atoms with E-state index < -0.39 is 0 Å². The van der Waals surface area contributed by atoms with Gasteiger partial charge in [-0.2, -0.15) is 0 Å². The zero-order valence-electron chi connectivity index (χ0n) is 13.7. The highest BCUT2D eigenvalue weighted by molar-refractivity contribution is 5.28. The first kappa shape index (κ1) is 17.0. The Kier molecular flexibility index (Phi) is 8.36. The van der Waals surface area contributed by atoms with Crippen molar-refractivity contribution in [1.82, 2.24) is 4.90 Å². The molecule has 0 aromatic heterocycles. The third-order valence-corrected chi connectivity index (χ3v) is 3.96. The highest BCUT2D eigenvalue weighted by Gasteiger charge is 2.04. The predicted octanol–water partition coefficient (Wildman–Crippen LogP) is 4.39. The van der Waals surface area contributed by atoms with E-state index in [4.69, 9.17) is 4.74 Å². The maximum atomic E-state index is 5.84. The lowest BCUT2D eigenvalue weighted by molar-refractivity contribution is 0.277. The minimum atomic E-state index is 0.787. The fourth-order valence-corrected chi connectivity index (χ4v) is 2.22. The zero-order chi connectivity index (χ0) is 14.8. The lowest BCUT2D eigenvalue weighted by Gasteiger charge is -2.17. The van der Waals surface area contributed by atoms with Crippen molar-refractivity contribution in [1.29, 1.82) is 0 Å². The summed E-state index contributed by atoms with van der Waals surface area (Å²) in [5.74, 6) is 1.80. The normalized spacial score (nSPS) is 12.7. The van der Waals surface area contributed by atoms with Gasteiger partial charge in [0.15, 0.2) is 0 Å². The van der Waals surface area contributed by atoms with E-state index in [1.165, 1.54) is 24.9 Å².